The molecule has 0 saturated carbocycles. The molecule has 0 N–H and O–H groups in total. The van der Waals surface area contributed by atoms with E-state index in [2.05, 4.69) is 31.7 Å². The lowest BCUT2D eigenvalue weighted by Gasteiger charge is -2.07. The van der Waals surface area contributed by atoms with Gasteiger partial charge in [0.05, 0.1) is 0 Å². The highest BCUT2D eigenvalue weighted by Crippen LogP contribution is 2.24. The van der Waals surface area contributed by atoms with Crippen molar-refractivity contribution in [3.63, 3.8) is 0 Å². The molecule has 10 heavy (non-hydrogen) atoms. The Morgan fingerprint density at radius 1 is 1.70 bits per heavy atom. The van der Waals surface area contributed by atoms with Gasteiger partial charge in [-0.05, 0) is 18.8 Å². The molecular formula is C10H14. The molecule has 0 aromatic carbocycles. The second-order valence-electron chi connectivity index (χ2n) is 2.63. The quantitative estimate of drug-likeness (QED) is 0.520. The lowest BCUT2D eigenvalue weighted by atomic mass is 9.98. The van der Waals surface area contributed by atoms with Crippen molar-refractivity contribution in [1.29, 1.82) is 0 Å². The molecule has 0 heterocycles. The molecule has 0 spiro atoms. The van der Waals surface area contributed by atoms with Crippen LogP contribution in [0.5, 0.6) is 0 Å². The summed E-state index contributed by atoms with van der Waals surface area (Å²) >= 11 is 0. The van der Waals surface area contributed by atoms with Crippen molar-refractivity contribution < 1.29 is 0 Å². The molecule has 1 aliphatic rings. The molecule has 0 heteroatoms. The molecule has 54 valence electrons. The van der Waals surface area contributed by atoms with E-state index >= 15 is 0 Å². The van der Waals surface area contributed by atoms with Gasteiger partial charge in [-0.15, -0.1) is 6.58 Å². The van der Waals surface area contributed by atoms with Crippen molar-refractivity contribution in [2.24, 2.45) is 5.92 Å². The minimum Gasteiger partial charge on any atom is -0.103 e. The van der Waals surface area contributed by atoms with Crippen LogP contribution in [0.2, 0.25) is 0 Å². The molecule has 1 unspecified atom stereocenters. The van der Waals surface area contributed by atoms with Crippen LogP contribution in [0, 0.1) is 5.92 Å². The van der Waals surface area contributed by atoms with Gasteiger partial charge in [0, 0.05) is 0 Å². The van der Waals surface area contributed by atoms with Crippen LogP contribution in [0.1, 0.15) is 19.8 Å². The molecule has 1 atom stereocenters. The zero-order chi connectivity index (χ0) is 7.40. The van der Waals surface area contributed by atoms with Gasteiger partial charge in [0.25, 0.3) is 0 Å². The highest BCUT2D eigenvalue weighted by Gasteiger charge is 2.09. The van der Waals surface area contributed by atoms with Crippen LogP contribution >= 0.6 is 0 Å². The number of hydrogen-bond acceptors (Lipinski definition) is 0. The number of rotatable bonds is 3. The van der Waals surface area contributed by atoms with E-state index in [1.165, 1.54) is 12.0 Å². The van der Waals surface area contributed by atoms with Gasteiger partial charge in [-0.25, -0.2) is 0 Å². The summed E-state index contributed by atoms with van der Waals surface area (Å²) in [6.45, 7) is 5.94. The zero-order valence-electron chi connectivity index (χ0n) is 6.51. The van der Waals surface area contributed by atoms with E-state index < -0.39 is 0 Å². The maximum absolute atomic E-state index is 3.72. The van der Waals surface area contributed by atoms with E-state index in [1.807, 2.05) is 6.08 Å². The van der Waals surface area contributed by atoms with Crippen molar-refractivity contribution >= 4 is 0 Å². The average molecular weight is 134 g/mol. The molecule has 1 aliphatic carbocycles. The normalized spacial score (nSPS) is 22.9. The highest BCUT2D eigenvalue weighted by molar-refractivity contribution is 5.28. The van der Waals surface area contributed by atoms with Crippen molar-refractivity contribution in [2.45, 2.75) is 19.8 Å². The topological polar surface area (TPSA) is 0 Å². The third-order valence-electron chi connectivity index (χ3n) is 1.95. The minimum absolute atomic E-state index is 0.693. The molecule has 0 saturated heterocycles. The molecule has 0 amide bonds. The van der Waals surface area contributed by atoms with Crippen LogP contribution in [-0.4, -0.2) is 0 Å². The molecule has 0 fully saturated rings. The Hall–Kier alpha value is -0.780. The largest absolute Gasteiger partial charge is 0.103 e. The molecular weight excluding hydrogens is 120 g/mol. The zero-order valence-corrected chi connectivity index (χ0v) is 6.51. The Kier molecular flexibility index (Phi) is 2.49. The third kappa shape index (κ3) is 1.38. The SMILES string of the molecule is C=CCC1=CC=CC1CC. The fourth-order valence-electron chi connectivity index (χ4n) is 1.34. The fraction of sp³-hybridized carbons (Fsp3) is 0.400. The average Bonchev–Trinajstić information content (AvgIpc) is 2.36. The lowest BCUT2D eigenvalue weighted by Crippen LogP contribution is -1.94. The van der Waals surface area contributed by atoms with E-state index in [0.717, 1.165) is 6.42 Å². The van der Waals surface area contributed by atoms with Crippen LogP contribution < -0.4 is 0 Å². The van der Waals surface area contributed by atoms with Gasteiger partial charge in [-0.3, -0.25) is 0 Å². The van der Waals surface area contributed by atoms with Gasteiger partial charge < -0.3 is 0 Å². The predicted octanol–water partition coefficient (Wildman–Crippen LogP) is 3.08. The number of allylic oxidation sites excluding steroid dienone is 5. The van der Waals surface area contributed by atoms with Crippen molar-refractivity contribution in [2.75, 3.05) is 0 Å². The maximum atomic E-state index is 3.72. The van der Waals surface area contributed by atoms with Crippen molar-refractivity contribution in [3.05, 3.63) is 36.5 Å². The second kappa shape index (κ2) is 3.40. The summed E-state index contributed by atoms with van der Waals surface area (Å²) in [7, 11) is 0. The first-order valence-corrected chi connectivity index (χ1v) is 3.86. The first-order valence-electron chi connectivity index (χ1n) is 3.86. The summed E-state index contributed by atoms with van der Waals surface area (Å²) in [4.78, 5) is 0. The monoisotopic (exact) mass is 134 g/mol. The van der Waals surface area contributed by atoms with Crippen LogP contribution in [-0.2, 0) is 0 Å². The van der Waals surface area contributed by atoms with Gasteiger partial charge in [0.2, 0.25) is 0 Å². The van der Waals surface area contributed by atoms with Gasteiger partial charge >= 0.3 is 0 Å². The molecule has 0 aliphatic heterocycles. The van der Waals surface area contributed by atoms with E-state index in [9.17, 15) is 0 Å². The van der Waals surface area contributed by atoms with Crippen LogP contribution in [0.3, 0.4) is 0 Å². The Morgan fingerprint density at radius 3 is 3.10 bits per heavy atom. The Morgan fingerprint density at radius 2 is 2.50 bits per heavy atom. The van der Waals surface area contributed by atoms with E-state index in [1.54, 1.807) is 0 Å². The Balaban J connectivity index is 2.53. The van der Waals surface area contributed by atoms with E-state index in [0.29, 0.717) is 5.92 Å². The van der Waals surface area contributed by atoms with E-state index in [-0.39, 0.29) is 0 Å². The van der Waals surface area contributed by atoms with Gasteiger partial charge in [-0.2, -0.15) is 0 Å². The van der Waals surface area contributed by atoms with Crippen LogP contribution in [0.15, 0.2) is 36.5 Å². The minimum atomic E-state index is 0.693. The fourth-order valence-corrected chi connectivity index (χ4v) is 1.34. The predicted molar refractivity (Wildman–Crippen MR) is 45.8 cm³/mol. The Labute approximate surface area is 62.9 Å². The molecule has 0 bridgehead atoms. The third-order valence-corrected chi connectivity index (χ3v) is 1.95. The van der Waals surface area contributed by atoms with Gasteiger partial charge in [-0.1, -0.05) is 36.8 Å². The first-order chi connectivity index (χ1) is 4.88. The summed E-state index contributed by atoms with van der Waals surface area (Å²) in [5, 5.41) is 0. The van der Waals surface area contributed by atoms with Crippen LogP contribution in [0.25, 0.3) is 0 Å². The summed E-state index contributed by atoms with van der Waals surface area (Å²) in [5.41, 5.74) is 1.51. The molecule has 0 nitrogen and oxygen atoms in total. The van der Waals surface area contributed by atoms with Gasteiger partial charge in [0.1, 0.15) is 0 Å². The lowest BCUT2D eigenvalue weighted by molar-refractivity contribution is 0.723. The second-order valence-corrected chi connectivity index (χ2v) is 2.63. The Bertz CT molecular complexity index is 172. The van der Waals surface area contributed by atoms with Gasteiger partial charge in [0.15, 0.2) is 0 Å². The molecule has 0 aromatic heterocycles. The molecule has 1 rings (SSSR count). The smallest absolute Gasteiger partial charge is 0.00166 e. The summed E-state index contributed by atoms with van der Waals surface area (Å²) in [5.74, 6) is 0.693. The number of hydrogen-bond donors (Lipinski definition) is 0. The summed E-state index contributed by atoms with van der Waals surface area (Å²) in [6, 6.07) is 0. The summed E-state index contributed by atoms with van der Waals surface area (Å²) in [6.07, 6.45) is 10.9. The van der Waals surface area contributed by atoms with Crippen molar-refractivity contribution in [3.8, 4) is 0 Å². The summed E-state index contributed by atoms with van der Waals surface area (Å²) < 4.78 is 0. The highest BCUT2D eigenvalue weighted by atomic mass is 14.1. The maximum Gasteiger partial charge on any atom is -0.00166 e. The molecule has 0 aromatic rings. The van der Waals surface area contributed by atoms with Crippen LogP contribution in [0.4, 0.5) is 0 Å². The standard InChI is InChI=1S/C10H14/c1-3-6-10-8-5-7-9(10)4-2/h3,5,7-9H,1,4,6H2,2H3. The van der Waals surface area contributed by atoms with Crippen molar-refractivity contribution in [1.82, 2.24) is 0 Å². The first kappa shape index (κ1) is 7.33. The van der Waals surface area contributed by atoms with E-state index in [4.69, 9.17) is 0 Å². The molecule has 0 radical (unpaired) electrons.